The molecule has 0 spiro atoms. The quantitative estimate of drug-likeness (QED) is 0.769. The first kappa shape index (κ1) is 16.4. The Balaban J connectivity index is 2.97. The van der Waals surface area contributed by atoms with Crippen molar-refractivity contribution in [3.8, 4) is 5.75 Å². The summed E-state index contributed by atoms with van der Waals surface area (Å²) >= 11 is 0. The lowest BCUT2D eigenvalue weighted by Gasteiger charge is -2.20. The number of halogens is 1. The molecule has 0 amide bonds. The molecule has 0 saturated carbocycles. The third kappa shape index (κ3) is 4.49. The third-order valence-electron chi connectivity index (χ3n) is 3.06. The molecule has 112 valence electrons. The van der Waals surface area contributed by atoms with Crippen LogP contribution in [-0.2, 0) is 4.79 Å². The zero-order chi connectivity index (χ0) is 15.1. The van der Waals surface area contributed by atoms with Crippen LogP contribution in [0.3, 0.4) is 0 Å². The standard InChI is InChI=1S/C15H22FNO3/c1-4-8-17-10(3)12-7-6-11(16)9-14(12)20-13(5-2)15(18)19/h6-7,9-10,13,17H,4-5,8H2,1-3H3,(H,18,19). The van der Waals surface area contributed by atoms with E-state index in [1.807, 2.05) is 6.92 Å². The van der Waals surface area contributed by atoms with Crippen LogP contribution in [-0.4, -0.2) is 23.7 Å². The molecule has 2 atom stereocenters. The molecule has 1 aromatic carbocycles. The fourth-order valence-corrected chi connectivity index (χ4v) is 1.90. The first-order chi connectivity index (χ1) is 9.49. The lowest BCUT2D eigenvalue weighted by Crippen LogP contribution is -2.27. The molecule has 1 aromatic rings. The van der Waals surface area contributed by atoms with E-state index in [2.05, 4.69) is 12.2 Å². The molecule has 1 rings (SSSR count). The number of hydrogen-bond donors (Lipinski definition) is 2. The molecule has 0 saturated heterocycles. The maximum atomic E-state index is 13.4. The van der Waals surface area contributed by atoms with Gasteiger partial charge >= 0.3 is 5.97 Å². The number of carbonyl (C=O) groups is 1. The normalized spacial score (nSPS) is 13.8. The Morgan fingerprint density at radius 3 is 2.70 bits per heavy atom. The van der Waals surface area contributed by atoms with Gasteiger partial charge < -0.3 is 15.2 Å². The molecular weight excluding hydrogens is 261 g/mol. The highest BCUT2D eigenvalue weighted by atomic mass is 19.1. The highest BCUT2D eigenvalue weighted by Gasteiger charge is 2.20. The molecule has 4 nitrogen and oxygen atoms in total. The van der Waals surface area contributed by atoms with E-state index in [4.69, 9.17) is 9.84 Å². The van der Waals surface area contributed by atoms with Crippen molar-refractivity contribution < 1.29 is 19.0 Å². The zero-order valence-corrected chi connectivity index (χ0v) is 12.1. The average molecular weight is 283 g/mol. The summed E-state index contributed by atoms with van der Waals surface area (Å²) in [6.07, 6.45) is 0.338. The third-order valence-corrected chi connectivity index (χ3v) is 3.06. The van der Waals surface area contributed by atoms with Crippen molar-refractivity contribution in [1.29, 1.82) is 0 Å². The lowest BCUT2D eigenvalue weighted by atomic mass is 10.1. The molecular formula is C15H22FNO3. The number of carboxylic acid groups (broad SMARTS) is 1. The number of ether oxygens (including phenoxy) is 1. The van der Waals surface area contributed by atoms with Gasteiger partial charge in [0.25, 0.3) is 0 Å². The van der Waals surface area contributed by atoms with Gasteiger partial charge in [0, 0.05) is 17.7 Å². The Hall–Kier alpha value is -1.62. The Morgan fingerprint density at radius 2 is 2.15 bits per heavy atom. The lowest BCUT2D eigenvalue weighted by molar-refractivity contribution is -0.145. The van der Waals surface area contributed by atoms with E-state index in [0.717, 1.165) is 18.5 Å². The van der Waals surface area contributed by atoms with Gasteiger partial charge in [-0.15, -0.1) is 0 Å². The van der Waals surface area contributed by atoms with E-state index in [9.17, 15) is 9.18 Å². The predicted molar refractivity (Wildman–Crippen MR) is 75.5 cm³/mol. The molecule has 0 aliphatic heterocycles. The summed E-state index contributed by atoms with van der Waals surface area (Å²) in [6, 6.07) is 4.20. The summed E-state index contributed by atoms with van der Waals surface area (Å²) < 4.78 is 18.8. The number of rotatable bonds is 8. The fourth-order valence-electron chi connectivity index (χ4n) is 1.90. The van der Waals surface area contributed by atoms with Crippen LogP contribution in [0.5, 0.6) is 5.75 Å². The summed E-state index contributed by atoms with van der Waals surface area (Å²) in [6.45, 7) is 6.54. The number of nitrogens with one attached hydrogen (secondary N) is 1. The smallest absolute Gasteiger partial charge is 0.344 e. The molecule has 5 heteroatoms. The van der Waals surface area contributed by atoms with Crippen LogP contribution in [0.2, 0.25) is 0 Å². The van der Waals surface area contributed by atoms with E-state index in [0.29, 0.717) is 6.42 Å². The first-order valence-corrected chi connectivity index (χ1v) is 6.91. The van der Waals surface area contributed by atoms with E-state index in [1.165, 1.54) is 12.1 Å². The van der Waals surface area contributed by atoms with E-state index in [-0.39, 0.29) is 11.8 Å². The van der Waals surface area contributed by atoms with Crippen LogP contribution < -0.4 is 10.1 Å². The number of benzene rings is 1. The average Bonchev–Trinajstić information content (AvgIpc) is 2.41. The van der Waals surface area contributed by atoms with Gasteiger partial charge in [-0.05, 0) is 32.4 Å². The second-order valence-electron chi connectivity index (χ2n) is 4.71. The molecule has 0 fully saturated rings. The van der Waals surface area contributed by atoms with Gasteiger partial charge in [0.1, 0.15) is 11.6 Å². The van der Waals surface area contributed by atoms with E-state index in [1.54, 1.807) is 13.0 Å². The van der Waals surface area contributed by atoms with Crippen molar-refractivity contribution in [2.24, 2.45) is 0 Å². The monoisotopic (exact) mass is 283 g/mol. The van der Waals surface area contributed by atoms with E-state index >= 15 is 0 Å². The SMILES string of the molecule is CCCNC(C)c1ccc(F)cc1OC(CC)C(=O)O. The van der Waals surface area contributed by atoms with Crippen LogP contribution >= 0.6 is 0 Å². The molecule has 0 aromatic heterocycles. The van der Waals surface area contributed by atoms with Crippen molar-refractivity contribution >= 4 is 5.97 Å². The molecule has 2 N–H and O–H groups in total. The van der Waals surface area contributed by atoms with Crippen molar-refractivity contribution in [2.45, 2.75) is 45.8 Å². The van der Waals surface area contributed by atoms with Crippen molar-refractivity contribution in [3.05, 3.63) is 29.6 Å². The topological polar surface area (TPSA) is 58.6 Å². The molecule has 0 radical (unpaired) electrons. The largest absolute Gasteiger partial charge is 0.479 e. The maximum absolute atomic E-state index is 13.4. The first-order valence-electron chi connectivity index (χ1n) is 6.91. The van der Waals surface area contributed by atoms with Crippen LogP contribution in [0.1, 0.15) is 45.2 Å². The molecule has 20 heavy (non-hydrogen) atoms. The summed E-state index contributed by atoms with van der Waals surface area (Å²) in [7, 11) is 0. The molecule has 0 aliphatic carbocycles. The van der Waals surface area contributed by atoms with Crippen molar-refractivity contribution in [1.82, 2.24) is 5.32 Å². The second kappa shape index (κ2) is 7.85. The minimum absolute atomic E-state index is 0.0307. The maximum Gasteiger partial charge on any atom is 0.344 e. The highest BCUT2D eigenvalue weighted by molar-refractivity contribution is 5.72. The Morgan fingerprint density at radius 1 is 1.45 bits per heavy atom. The van der Waals surface area contributed by atoms with Gasteiger partial charge in [0.15, 0.2) is 6.10 Å². The van der Waals surface area contributed by atoms with Gasteiger partial charge in [-0.3, -0.25) is 0 Å². The van der Waals surface area contributed by atoms with Crippen LogP contribution in [0.25, 0.3) is 0 Å². The Labute approximate surface area is 119 Å². The fraction of sp³-hybridized carbons (Fsp3) is 0.533. The van der Waals surface area contributed by atoms with Gasteiger partial charge in [0.2, 0.25) is 0 Å². The summed E-state index contributed by atoms with van der Waals surface area (Å²) in [5, 5.41) is 12.3. The van der Waals surface area contributed by atoms with Crippen LogP contribution in [0.4, 0.5) is 4.39 Å². The Bertz CT molecular complexity index is 451. The number of carboxylic acids is 1. The number of hydrogen-bond acceptors (Lipinski definition) is 3. The van der Waals surface area contributed by atoms with Crippen LogP contribution in [0.15, 0.2) is 18.2 Å². The predicted octanol–water partition coefficient (Wildman–Crippen LogP) is 3.13. The number of aliphatic carboxylic acids is 1. The summed E-state index contributed by atoms with van der Waals surface area (Å²) in [5.74, 6) is -1.20. The molecule has 0 heterocycles. The minimum Gasteiger partial charge on any atom is -0.479 e. The van der Waals surface area contributed by atoms with Crippen LogP contribution in [0, 0.1) is 5.82 Å². The van der Waals surface area contributed by atoms with Gasteiger partial charge in [-0.1, -0.05) is 19.9 Å². The van der Waals surface area contributed by atoms with Gasteiger partial charge in [-0.2, -0.15) is 0 Å². The summed E-state index contributed by atoms with van der Waals surface area (Å²) in [4.78, 5) is 11.0. The Kier molecular flexibility index (Phi) is 6.45. The van der Waals surface area contributed by atoms with E-state index < -0.39 is 17.9 Å². The molecule has 2 unspecified atom stereocenters. The van der Waals surface area contributed by atoms with Gasteiger partial charge in [-0.25, -0.2) is 9.18 Å². The minimum atomic E-state index is -1.04. The molecule has 0 aliphatic rings. The van der Waals surface area contributed by atoms with Crippen molar-refractivity contribution in [2.75, 3.05) is 6.54 Å². The summed E-state index contributed by atoms with van der Waals surface area (Å²) in [5.41, 5.74) is 0.763. The van der Waals surface area contributed by atoms with Gasteiger partial charge in [0.05, 0.1) is 0 Å². The second-order valence-corrected chi connectivity index (χ2v) is 4.71. The zero-order valence-electron chi connectivity index (χ0n) is 12.1. The highest BCUT2D eigenvalue weighted by Crippen LogP contribution is 2.27. The molecule has 0 bridgehead atoms. The van der Waals surface area contributed by atoms with Crippen molar-refractivity contribution in [3.63, 3.8) is 0 Å².